The van der Waals surface area contributed by atoms with Crippen molar-refractivity contribution in [2.24, 2.45) is 0 Å². The lowest BCUT2D eigenvalue weighted by atomic mass is 9.97. The summed E-state index contributed by atoms with van der Waals surface area (Å²) in [6, 6.07) is 0.151. The second-order valence-corrected chi connectivity index (χ2v) is 5.00. The molecule has 2 aliphatic rings. The van der Waals surface area contributed by atoms with Crippen LogP contribution in [0, 0.1) is 0 Å². The van der Waals surface area contributed by atoms with E-state index in [0.717, 1.165) is 38.8 Å². The molecule has 0 aromatic heterocycles. The largest absolute Gasteiger partial charge is 0.378 e. The van der Waals surface area contributed by atoms with Crippen LogP contribution in [0.5, 0.6) is 0 Å². The van der Waals surface area contributed by atoms with E-state index in [-0.39, 0.29) is 6.04 Å². The molecule has 0 aromatic carbocycles. The van der Waals surface area contributed by atoms with Crippen molar-refractivity contribution in [3.8, 4) is 0 Å². The van der Waals surface area contributed by atoms with Gasteiger partial charge in [-0.1, -0.05) is 6.42 Å². The number of piperidine rings is 1. The number of carbonyl (C=O) groups excluding carboxylic acids is 1. The zero-order valence-corrected chi connectivity index (χ0v) is 10.0. The molecule has 2 fully saturated rings. The van der Waals surface area contributed by atoms with Crippen LogP contribution in [0.1, 0.15) is 51.4 Å². The summed E-state index contributed by atoms with van der Waals surface area (Å²) in [6.45, 7) is 1.94. The van der Waals surface area contributed by atoms with Gasteiger partial charge in [-0.05, 0) is 45.1 Å². The first kappa shape index (κ1) is 12.1. The molecule has 0 aliphatic carbocycles. The fourth-order valence-corrected chi connectivity index (χ4v) is 2.68. The summed E-state index contributed by atoms with van der Waals surface area (Å²) in [5.41, 5.74) is 0. The predicted octanol–water partition coefficient (Wildman–Crippen LogP) is 2.05. The molecule has 2 unspecified atom stereocenters. The van der Waals surface area contributed by atoms with Crippen LogP contribution in [0.2, 0.25) is 0 Å². The van der Waals surface area contributed by atoms with Gasteiger partial charge in [0.25, 0.3) is 0 Å². The summed E-state index contributed by atoms with van der Waals surface area (Å²) in [6.07, 6.45) is 9.09. The van der Waals surface area contributed by atoms with E-state index in [9.17, 15) is 4.79 Å². The maximum absolute atomic E-state index is 11.9. The van der Waals surface area contributed by atoms with Gasteiger partial charge in [0.05, 0.1) is 12.1 Å². The molecule has 2 aliphatic heterocycles. The van der Waals surface area contributed by atoms with Crippen molar-refractivity contribution in [2.75, 3.05) is 13.2 Å². The molecule has 92 valence electrons. The van der Waals surface area contributed by atoms with E-state index in [4.69, 9.17) is 4.74 Å². The molecule has 0 bridgehead atoms. The fraction of sp³-hybridized carbons (Fsp3) is 0.923. The van der Waals surface area contributed by atoms with Crippen molar-refractivity contribution < 1.29 is 9.53 Å². The Balaban J connectivity index is 1.59. The van der Waals surface area contributed by atoms with Crippen LogP contribution in [-0.2, 0) is 9.53 Å². The highest BCUT2D eigenvalue weighted by molar-refractivity contribution is 5.84. The van der Waals surface area contributed by atoms with Crippen molar-refractivity contribution in [3.05, 3.63) is 0 Å². The molecule has 2 saturated heterocycles. The van der Waals surface area contributed by atoms with Gasteiger partial charge in [0.2, 0.25) is 0 Å². The highest BCUT2D eigenvalue weighted by Gasteiger charge is 2.21. The molecule has 0 amide bonds. The number of ether oxygens (including phenoxy) is 1. The van der Waals surface area contributed by atoms with Crippen LogP contribution in [0.25, 0.3) is 0 Å². The number of nitrogens with one attached hydrogen (secondary N) is 1. The second kappa shape index (κ2) is 6.36. The Labute approximate surface area is 97.9 Å². The van der Waals surface area contributed by atoms with Crippen molar-refractivity contribution >= 4 is 5.78 Å². The molecule has 16 heavy (non-hydrogen) atoms. The van der Waals surface area contributed by atoms with Gasteiger partial charge < -0.3 is 10.1 Å². The van der Waals surface area contributed by atoms with Gasteiger partial charge in [0, 0.05) is 13.0 Å². The lowest BCUT2D eigenvalue weighted by molar-refractivity contribution is -0.121. The Hall–Kier alpha value is -0.410. The van der Waals surface area contributed by atoms with Crippen molar-refractivity contribution in [1.82, 2.24) is 5.32 Å². The lowest BCUT2D eigenvalue weighted by Crippen LogP contribution is -2.40. The summed E-state index contributed by atoms with van der Waals surface area (Å²) in [7, 11) is 0. The van der Waals surface area contributed by atoms with Crippen LogP contribution < -0.4 is 5.32 Å². The summed E-state index contributed by atoms with van der Waals surface area (Å²) in [4.78, 5) is 11.9. The molecule has 1 N–H and O–H groups in total. The Morgan fingerprint density at radius 1 is 1.25 bits per heavy atom. The van der Waals surface area contributed by atoms with Crippen molar-refractivity contribution in [1.29, 1.82) is 0 Å². The van der Waals surface area contributed by atoms with Gasteiger partial charge in [-0.3, -0.25) is 4.79 Å². The maximum Gasteiger partial charge on any atom is 0.149 e. The van der Waals surface area contributed by atoms with Gasteiger partial charge in [-0.2, -0.15) is 0 Å². The van der Waals surface area contributed by atoms with Crippen LogP contribution >= 0.6 is 0 Å². The molecule has 3 nitrogen and oxygen atoms in total. The Morgan fingerprint density at radius 2 is 2.19 bits per heavy atom. The normalized spacial score (nSPS) is 30.5. The van der Waals surface area contributed by atoms with E-state index in [1.807, 2.05) is 0 Å². The average Bonchev–Trinajstić information content (AvgIpc) is 2.83. The summed E-state index contributed by atoms with van der Waals surface area (Å²) >= 11 is 0. The van der Waals surface area contributed by atoms with Crippen LogP contribution in [-0.4, -0.2) is 31.1 Å². The quantitative estimate of drug-likeness (QED) is 0.778. The number of carbonyl (C=O) groups is 1. The number of ketones is 1. The van der Waals surface area contributed by atoms with E-state index in [2.05, 4.69) is 5.32 Å². The molecular formula is C13H23NO2. The molecule has 2 rings (SSSR count). The molecule has 0 spiro atoms. The third-order valence-electron chi connectivity index (χ3n) is 3.67. The molecule has 0 saturated carbocycles. The first-order chi connectivity index (χ1) is 7.86. The smallest absolute Gasteiger partial charge is 0.149 e. The van der Waals surface area contributed by atoms with E-state index >= 15 is 0 Å². The van der Waals surface area contributed by atoms with Crippen LogP contribution in [0.4, 0.5) is 0 Å². The van der Waals surface area contributed by atoms with Crippen molar-refractivity contribution in [3.63, 3.8) is 0 Å². The van der Waals surface area contributed by atoms with Crippen LogP contribution in [0.3, 0.4) is 0 Å². The van der Waals surface area contributed by atoms with Crippen LogP contribution in [0.15, 0.2) is 0 Å². The van der Waals surface area contributed by atoms with Gasteiger partial charge in [0.1, 0.15) is 5.78 Å². The van der Waals surface area contributed by atoms with Crippen molar-refractivity contribution in [2.45, 2.75) is 63.5 Å². The molecule has 0 radical (unpaired) electrons. The lowest BCUT2D eigenvalue weighted by Gasteiger charge is -2.22. The highest BCUT2D eigenvalue weighted by atomic mass is 16.5. The Bertz CT molecular complexity index is 218. The Morgan fingerprint density at radius 3 is 2.88 bits per heavy atom. The molecule has 3 heteroatoms. The topological polar surface area (TPSA) is 38.3 Å². The van der Waals surface area contributed by atoms with Gasteiger partial charge in [-0.25, -0.2) is 0 Å². The molecular weight excluding hydrogens is 202 g/mol. The van der Waals surface area contributed by atoms with E-state index in [1.54, 1.807) is 0 Å². The van der Waals surface area contributed by atoms with Gasteiger partial charge in [-0.15, -0.1) is 0 Å². The zero-order valence-electron chi connectivity index (χ0n) is 10.0. The first-order valence-electron chi connectivity index (χ1n) is 6.74. The maximum atomic E-state index is 11.9. The monoisotopic (exact) mass is 225 g/mol. The van der Waals surface area contributed by atoms with E-state index < -0.39 is 0 Å². The van der Waals surface area contributed by atoms with Gasteiger partial charge >= 0.3 is 0 Å². The van der Waals surface area contributed by atoms with E-state index in [0.29, 0.717) is 11.9 Å². The zero-order chi connectivity index (χ0) is 11.2. The SMILES string of the molecule is O=C(CCCC1CCCO1)C1CCCCN1. The Kier molecular flexibility index (Phi) is 4.79. The third kappa shape index (κ3) is 3.56. The molecule has 0 aromatic rings. The number of rotatable bonds is 5. The highest BCUT2D eigenvalue weighted by Crippen LogP contribution is 2.18. The average molecular weight is 225 g/mol. The molecule has 2 atom stereocenters. The standard InChI is InChI=1S/C13H23NO2/c15-13(12-7-1-2-9-14-12)8-3-5-11-6-4-10-16-11/h11-12,14H,1-10H2. The number of hydrogen-bond acceptors (Lipinski definition) is 3. The summed E-state index contributed by atoms with van der Waals surface area (Å²) in [5.74, 6) is 0.415. The molecule has 2 heterocycles. The predicted molar refractivity (Wildman–Crippen MR) is 63.5 cm³/mol. The third-order valence-corrected chi connectivity index (χ3v) is 3.67. The summed E-state index contributed by atoms with van der Waals surface area (Å²) in [5, 5.41) is 3.32. The second-order valence-electron chi connectivity index (χ2n) is 5.00. The van der Waals surface area contributed by atoms with Gasteiger partial charge in [0.15, 0.2) is 0 Å². The van der Waals surface area contributed by atoms with E-state index in [1.165, 1.54) is 25.7 Å². The minimum absolute atomic E-state index is 0.151. The number of Topliss-reactive ketones (excluding diaryl/α,β-unsaturated/α-hetero) is 1. The minimum Gasteiger partial charge on any atom is -0.378 e. The minimum atomic E-state index is 0.151. The summed E-state index contributed by atoms with van der Waals surface area (Å²) < 4.78 is 5.55. The number of hydrogen-bond donors (Lipinski definition) is 1. The first-order valence-corrected chi connectivity index (χ1v) is 6.74. The fourth-order valence-electron chi connectivity index (χ4n) is 2.68.